The Labute approximate surface area is 29.9 Å². The second-order valence-corrected chi connectivity index (χ2v) is 0.657. The first-order valence-corrected chi connectivity index (χ1v) is 1.30. The van der Waals surface area contributed by atoms with E-state index in [0.29, 0.717) is 0 Å². The fourth-order valence-electron chi connectivity index (χ4n) is 0.160. The summed E-state index contributed by atoms with van der Waals surface area (Å²) >= 11 is 0. The van der Waals surface area contributed by atoms with Gasteiger partial charge in [0.2, 0.25) is 0 Å². The van der Waals surface area contributed by atoms with E-state index in [9.17, 15) is 0 Å². The lowest BCUT2D eigenvalue weighted by Gasteiger charge is -1.79. The molecule has 0 unspecified atom stereocenters. The van der Waals surface area contributed by atoms with Crippen LogP contribution in [0.25, 0.3) is 0 Å². The van der Waals surface area contributed by atoms with Crippen LogP contribution in [-0.4, -0.2) is 0 Å². The highest BCUT2D eigenvalue weighted by molar-refractivity contribution is 4.84. The van der Waals surface area contributed by atoms with E-state index in [1.807, 2.05) is 0 Å². The lowest BCUT2D eigenvalue weighted by molar-refractivity contribution is -0.196. The van der Waals surface area contributed by atoms with Crippen LogP contribution in [0.3, 0.4) is 0 Å². The molecule has 1 rings (SSSR count). The number of hydrogen-bond donors (Lipinski definition) is 0. The van der Waals surface area contributed by atoms with E-state index in [1.165, 1.54) is 12.9 Å². The van der Waals surface area contributed by atoms with E-state index in [1.54, 1.807) is 6.08 Å². The average molecular weight is 71.1 g/mol. The molecule has 0 atom stereocenters. The summed E-state index contributed by atoms with van der Waals surface area (Å²) in [5, 5.41) is 0. The van der Waals surface area contributed by atoms with Crippen LogP contribution in [0.5, 0.6) is 0 Å². The van der Waals surface area contributed by atoms with Gasteiger partial charge in [0.15, 0.2) is 6.61 Å². The predicted molar refractivity (Wildman–Crippen MR) is 15.6 cm³/mol. The minimum atomic E-state index is 1.46. The van der Waals surface area contributed by atoms with Crippen LogP contribution < -0.4 is 0 Å². The van der Waals surface area contributed by atoms with Gasteiger partial charge in [-0.3, -0.25) is 0 Å². The standard InChI is InChI=1S/C3H3O2/c1-2-4-5-3-1/h1-3H. The Morgan fingerprint density at radius 3 is 2.40 bits per heavy atom. The Hall–Kier alpha value is -0.500. The van der Waals surface area contributed by atoms with Crippen LogP contribution >= 0.6 is 0 Å². The molecule has 2 heteroatoms. The summed E-state index contributed by atoms with van der Waals surface area (Å²) < 4.78 is 0. The number of rotatable bonds is 0. The van der Waals surface area contributed by atoms with Crippen LogP contribution in [-0.2, 0) is 9.78 Å². The van der Waals surface area contributed by atoms with Crippen LogP contribution in [0.1, 0.15) is 0 Å². The Bertz CT molecular complexity index is 42.9. The van der Waals surface area contributed by atoms with Gasteiger partial charge in [0.05, 0.1) is 0 Å². The second kappa shape index (κ2) is 1.08. The van der Waals surface area contributed by atoms with Crippen molar-refractivity contribution in [3.05, 3.63) is 18.9 Å². The molecule has 1 aliphatic heterocycles. The summed E-state index contributed by atoms with van der Waals surface area (Å²) in [7, 11) is 0. The molecule has 0 saturated carbocycles. The Morgan fingerprint density at radius 1 is 1.20 bits per heavy atom. The van der Waals surface area contributed by atoms with Crippen molar-refractivity contribution in [2.24, 2.45) is 0 Å². The maximum absolute atomic E-state index is 4.21. The Balaban J connectivity index is 2.32. The van der Waals surface area contributed by atoms with Crippen molar-refractivity contribution >= 4 is 0 Å². The van der Waals surface area contributed by atoms with E-state index in [4.69, 9.17) is 0 Å². The molecule has 27 valence electrons. The highest BCUT2D eigenvalue weighted by atomic mass is 17.2. The third-order valence-electron chi connectivity index (χ3n) is 0.324. The normalized spacial score (nSPS) is 19.2. The zero-order valence-electron chi connectivity index (χ0n) is 2.55. The van der Waals surface area contributed by atoms with Gasteiger partial charge in [-0.1, -0.05) is 0 Å². The minimum Gasteiger partial charge on any atom is -0.345 e. The zero-order chi connectivity index (χ0) is 3.54. The molecular formula is C3H3O2. The summed E-state index contributed by atoms with van der Waals surface area (Å²) in [6.45, 7) is 1.46. The van der Waals surface area contributed by atoms with Gasteiger partial charge in [-0.25, -0.2) is 0 Å². The summed E-state index contributed by atoms with van der Waals surface area (Å²) in [5.74, 6) is 0. The van der Waals surface area contributed by atoms with Gasteiger partial charge >= 0.3 is 0 Å². The molecule has 2 nitrogen and oxygen atoms in total. The molecule has 0 N–H and O–H groups in total. The van der Waals surface area contributed by atoms with Crippen LogP contribution in [0.15, 0.2) is 12.3 Å². The average Bonchev–Trinajstić information content (AvgIpc) is 1.76. The molecule has 0 aromatic carbocycles. The van der Waals surface area contributed by atoms with E-state index in [0.717, 1.165) is 0 Å². The Kier molecular flexibility index (Phi) is 0.588. The minimum absolute atomic E-state index is 1.46. The summed E-state index contributed by atoms with van der Waals surface area (Å²) in [5.41, 5.74) is 0. The van der Waals surface area contributed by atoms with Crippen molar-refractivity contribution < 1.29 is 9.78 Å². The summed E-state index contributed by atoms with van der Waals surface area (Å²) in [4.78, 5) is 8.42. The molecule has 1 heterocycles. The van der Waals surface area contributed by atoms with E-state index >= 15 is 0 Å². The van der Waals surface area contributed by atoms with Crippen LogP contribution in [0.4, 0.5) is 0 Å². The van der Waals surface area contributed by atoms with Gasteiger partial charge in [0, 0.05) is 0 Å². The molecule has 0 aromatic heterocycles. The second-order valence-electron chi connectivity index (χ2n) is 0.657. The third-order valence-corrected chi connectivity index (χ3v) is 0.324. The van der Waals surface area contributed by atoms with Gasteiger partial charge in [-0.05, 0) is 6.08 Å². The molecule has 0 bridgehead atoms. The predicted octanol–water partition coefficient (Wildman–Crippen LogP) is 0.624. The number of hydrogen-bond acceptors (Lipinski definition) is 2. The fraction of sp³-hybridized carbons (Fsp3) is 0. The summed E-state index contributed by atoms with van der Waals surface area (Å²) in [6.07, 6.45) is 3.12. The smallest absolute Gasteiger partial charge is 0.160 e. The fourth-order valence-corrected chi connectivity index (χ4v) is 0.160. The van der Waals surface area contributed by atoms with E-state index < -0.39 is 0 Å². The molecule has 0 aromatic rings. The van der Waals surface area contributed by atoms with E-state index in [2.05, 4.69) is 9.78 Å². The highest BCUT2D eigenvalue weighted by Crippen LogP contribution is 1.94. The molecule has 0 spiro atoms. The maximum Gasteiger partial charge on any atom is 0.160 e. The molecule has 0 saturated heterocycles. The first-order valence-electron chi connectivity index (χ1n) is 1.30. The van der Waals surface area contributed by atoms with Crippen molar-refractivity contribution in [2.45, 2.75) is 0 Å². The van der Waals surface area contributed by atoms with Crippen molar-refractivity contribution in [2.75, 3.05) is 0 Å². The largest absolute Gasteiger partial charge is 0.345 e. The third kappa shape index (κ3) is 0.389. The lowest BCUT2D eigenvalue weighted by atomic mass is 10.7. The highest BCUT2D eigenvalue weighted by Gasteiger charge is 1.85. The topological polar surface area (TPSA) is 18.5 Å². The Morgan fingerprint density at radius 2 is 2.20 bits per heavy atom. The monoisotopic (exact) mass is 71.0 g/mol. The molecule has 1 aliphatic rings. The molecular weight excluding hydrogens is 68.0 g/mol. The maximum atomic E-state index is 4.21. The van der Waals surface area contributed by atoms with Crippen molar-refractivity contribution in [1.82, 2.24) is 0 Å². The van der Waals surface area contributed by atoms with Crippen molar-refractivity contribution in [3.8, 4) is 0 Å². The molecule has 0 aliphatic carbocycles. The van der Waals surface area contributed by atoms with Gasteiger partial charge in [-0.2, -0.15) is 4.89 Å². The van der Waals surface area contributed by atoms with Gasteiger partial charge in [0.1, 0.15) is 6.26 Å². The lowest BCUT2D eigenvalue weighted by Crippen LogP contribution is -1.66. The zero-order valence-corrected chi connectivity index (χ0v) is 2.55. The first kappa shape index (κ1) is 2.72. The molecule has 0 amide bonds. The SMILES string of the molecule is [CH]1C=COO1. The van der Waals surface area contributed by atoms with Crippen LogP contribution in [0.2, 0.25) is 0 Å². The van der Waals surface area contributed by atoms with Gasteiger partial charge in [-0.15, -0.1) is 0 Å². The van der Waals surface area contributed by atoms with E-state index in [-0.39, 0.29) is 0 Å². The quantitative estimate of drug-likeness (QED) is 0.390. The molecule has 1 radical (unpaired) electrons. The van der Waals surface area contributed by atoms with Crippen molar-refractivity contribution in [3.63, 3.8) is 0 Å². The van der Waals surface area contributed by atoms with Crippen molar-refractivity contribution in [1.29, 1.82) is 0 Å². The molecule has 5 heavy (non-hydrogen) atoms. The molecule has 0 fully saturated rings. The van der Waals surface area contributed by atoms with Gasteiger partial charge < -0.3 is 4.89 Å². The van der Waals surface area contributed by atoms with Crippen LogP contribution in [0, 0.1) is 6.61 Å². The van der Waals surface area contributed by atoms with Gasteiger partial charge in [0.25, 0.3) is 0 Å². The first-order chi connectivity index (χ1) is 2.50. The summed E-state index contributed by atoms with van der Waals surface area (Å²) in [6, 6.07) is 0.